The Morgan fingerprint density at radius 3 is 2.73 bits per heavy atom. The number of carbonyl (C=O) groups is 1. The zero-order chi connectivity index (χ0) is 17.5. The number of carbonyl (C=O) groups excluding carboxylic acids is 1. The zero-order valence-corrected chi connectivity index (χ0v) is 13.6. The van der Waals surface area contributed by atoms with Gasteiger partial charge in [-0.3, -0.25) is 9.89 Å². The van der Waals surface area contributed by atoms with E-state index in [9.17, 15) is 4.79 Å². The van der Waals surface area contributed by atoms with Crippen LogP contribution in [0.4, 0.5) is 5.69 Å². The van der Waals surface area contributed by atoms with Gasteiger partial charge in [-0.15, -0.1) is 0 Å². The molecule has 1 amide bonds. The Balaban J connectivity index is 1.59. The summed E-state index contributed by atoms with van der Waals surface area (Å²) >= 11 is 0. The van der Waals surface area contributed by atoms with Gasteiger partial charge in [0.1, 0.15) is 12.0 Å². The van der Waals surface area contributed by atoms with Gasteiger partial charge < -0.3 is 5.32 Å². The highest BCUT2D eigenvalue weighted by atomic mass is 16.2. The van der Waals surface area contributed by atoms with Crippen LogP contribution in [0.1, 0.15) is 11.1 Å². The minimum atomic E-state index is -0.0852. The number of fused-ring (bicyclic) bond motifs is 2. The fourth-order valence-corrected chi connectivity index (χ4v) is 3.22. The van der Waals surface area contributed by atoms with E-state index >= 15 is 0 Å². The average molecular weight is 339 g/mol. The fraction of sp³-hybridized carbons (Fsp3) is 0. The maximum Gasteiger partial charge on any atom is 0.256 e. The highest BCUT2D eigenvalue weighted by molar-refractivity contribution is 6.34. The summed E-state index contributed by atoms with van der Waals surface area (Å²) in [6, 6.07) is 13.6. The molecule has 0 aliphatic carbocycles. The van der Waals surface area contributed by atoms with Crippen molar-refractivity contribution in [2.75, 3.05) is 5.32 Å². The molecular weight excluding hydrogens is 326 g/mol. The molecule has 0 saturated heterocycles. The minimum absolute atomic E-state index is 0.0852. The van der Waals surface area contributed by atoms with Gasteiger partial charge in [-0.05, 0) is 29.8 Å². The van der Waals surface area contributed by atoms with Crippen molar-refractivity contribution in [2.24, 2.45) is 0 Å². The number of benzene rings is 2. The van der Waals surface area contributed by atoms with Crippen molar-refractivity contribution < 1.29 is 4.79 Å². The number of amides is 1. The molecule has 2 N–H and O–H groups in total. The highest BCUT2D eigenvalue weighted by Crippen LogP contribution is 2.33. The summed E-state index contributed by atoms with van der Waals surface area (Å²) in [6.07, 6.45) is 6.86. The first-order chi connectivity index (χ1) is 12.8. The second kappa shape index (κ2) is 5.63. The number of H-pyrrole nitrogens is 1. The predicted molar refractivity (Wildman–Crippen MR) is 100 cm³/mol. The fourth-order valence-electron chi connectivity index (χ4n) is 3.22. The Kier molecular flexibility index (Phi) is 3.15. The van der Waals surface area contributed by atoms with Gasteiger partial charge in [0, 0.05) is 40.2 Å². The van der Waals surface area contributed by atoms with Gasteiger partial charge in [0.2, 0.25) is 0 Å². The van der Waals surface area contributed by atoms with Crippen molar-refractivity contribution in [1.29, 1.82) is 0 Å². The first-order valence-corrected chi connectivity index (χ1v) is 8.15. The summed E-state index contributed by atoms with van der Waals surface area (Å²) < 4.78 is 0. The third-order valence-electron chi connectivity index (χ3n) is 4.44. The molecule has 3 heterocycles. The van der Waals surface area contributed by atoms with Crippen LogP contribution in [0.5, 0.6) is 0 Å². The number of nitrogens with one attached hydrogen (secondary N) is 2. The van der Waals surface area contributed by atoms with Gasteiger partial charge in [-0.1, -0.05) is 24.3 Å². The Morgan fingerprint density at radius 1 is 1.00 bits per heavy atom. The monoisotopic (exact) mass is 339 g/mol. The Labute approximate surface area is 148 Å². The molecule has 0 atom stereocenters. The van der Waals surface area contributed by atoms with E-state index in [1.165, 1.54) is 6.33 Å². The molecule has 0 unspecified atom stereocenters. The summed E-state index contributed by atoms with van der Waals surface area (Å²) in [6.45, 7) is 0. The molecular formula is C20H13N5O. The van der Waals surface area contributed by atoms with Gasteiger partial charge >= 0.3 is 0 Å². The van der Waals surface area contributed by atoms with E-state index in [0.29, 0.717) is 5.57 Å². The van der Waals surface area contributed by atoms with E-state index in [2.05, 4.69) is 25.5 Å². The third-order valence-corrected chi connectivity index (χ3v) is 4.44. The van der Waals surface area contributed by atoms with Crippen molar-refractivity contribution in [3.63, 3.8) is 0 Å². The number of aromatic nitrogens is 4. The molecule has 0 saturated carbocycles. The SMILES string of the molecule is O=C1Nc2ccccc2C1=Cc1ccc2c(-c3cncnc3)n[nH]c2c1. The number of para-hydroxylation sites is 1. The van der Waals surface area contributed by atoms with Crippen LogP contribution in [0.15, 0.2) is 61.2 Å². The molecule has 2 aromatic carbocycles. The van der Waals surface area contributed by atoms with Crippen LogP contribution in [0.2, 0.25) is 0 Å². The Bertz CT molecular complexity index is 1180. The molecule has 1 aliphatic rings. The molecule has 0 radical (unpaired) electrons. The normalized spacial score (nSPS) is 14.6. The van der Waals surface area contributed by atoms with Crippen molar-refractivity contribution in [2.45, 2.75) is 0 Å². The van der Waals surface area contributed by atoms with Crippen molar-refractivity contribution in [3.05, 3.63) is 72.3 Å². The van der Waals surface area contributed by atoms with Gasteiger partial charge in [-0.2, -0.15) is 5.10 Å². The number of anilines is 1. The molecule has 124 valence electrons. The second-order valence-corrected chi connectivity index (χ2v) is 6.06. The molecule has 4 aromatic rings. The summed E-state index contributed by atoms with van der Waals surface area (Å²) in [5, 5.41) is 11.3. The van der Waals surface area contributed by atoms with Crippen molar-refractivity contribution >= 4 is 34.1 Å². The Hall–Kier alpha value is -3.80. The van der Waals surface area contributed by atoms with E-state index in [-0.39, 0.29) is 5.91 Å². The molecule has 1 aliphatic heterocycles. The molecule has 0 spiro atoms. The third kappa shape index (κ3) is 2.28. The standard InChI is InChI=1S/C20H13N5O/c26-20-16(14-3-1-2-4-17(14)23-20)7-12-5-6-15-18(8-12)24-25-19(15)13-9-21-11-22-10-13/h1-11H,(H,23,26)(H,24,25). The summed E-state index contributed by atoms with van der Waals surface area (Å²) in [5.74, 6) is -0.0852. The zero-order valence-electron chi connectivity index (χ0n) is 13.6. The van der Waals surface area contributed by atoms with Crippen molar-refractivity contribution in [1.82, 2.24) is 20.2 Å². The summed E-state index contributed by atoms with van der Waals surface area (Å²) in [5.41, 5.74) is 5.92. The molecule has 0 fully saturated rings. The minimum Gasteiger partial charge on any atom is -0.321 e. The number of aromatic amines is 1. The lowest BCUT2D eigenvalue weighted by atomic mass is 10.0. The Morgan fingerprint density at radius 2 is 1.85 bits per heavy atom. The first kappa shape index (κ1) is 14.5. The summed E-state index contributed by atoms with van der Waals surface area (Å²) in [4.78, 5) is 20.4. The number of hydrogen-bond donors (Lipinski definition) is 2. The van der Waals surface area contributed by atoms with Crippen LogP contribution in [-0.2, 0) is 4.79 Å². The predicted octanol–water partition coefficient (Wildman–Crippen LogP) is 3.51. The van der Waals surface area contributed by atoms with Crippen LogP contribution in [0.25, 0.3) is 33.8 Å². The van der Waals surface area contributed by atoms with Crippen LogP contribution in [0, 0.1) is 0 Å². The molecule has 0 bridgehead atoms. The van der Waals surface area contributed by atoms with Crippen LogP contribution in [0.3, 0.4) is 0 Å². The van der Waals surface area contributed by atoms with Gasteiger partial charge in [0.15, 0.2) is 0 Å². The second-order valence-electron chi connectivity index (χ2n) is 6.06. The average Bonchev–Trinajstić information content (AvgIpc) is 3.23. The topological polar surface area (TPSA) is 83.6 Å². The van der Waals surface area contributed by atoms with Crippen molar-refractivity contribution in [3.8, 4) is 11.3 Å². The molecule has 26 heavy (non-hydrogen) atoms. The largest absolute Gasteiger partial charge is 0.321 e. The molecule has 2 aromatic heterocycles. The lowest BCUT2D eigenvalue weighted by Gasteiger charge is -2.00. The van der Waals surface area contributed by atoms with E-state index in [1.807, 2.05) is 48.5 Å². The van der Waals surface area contributed by atoms with E-state index in [0.717, 1.165) is 39.0 Å². The highest BCUT2D eigenvalue weighted by Gasteiger charge is 2.23. The molecule has 6 nitrogen and oxygen atoms in total. The smallest absolute Gasteiger partial charge is 0.256 e. The quantitative estimate of drug-likeness (QED) is 0.547. The summed E-state index contributed by atoms with van der Waals surface area (Å²) in [7, 11) is 0. The van der Waals surface area contributed by atoms with Gasteiger partial charge in [0.25, 0.3) is 5.91 Å². The number of nitrogens with zero attached hydrogens (tertiary/aromatic N) is 3. The van der Waals surface area contributed by atoms with Crippen LogP contribution in [-0.4, -0.2) is 26.1 Å². The number of rotatable bonds is 2. The lowest BCUT2D eigenvalue weighted by molar-refractivity contribution is -0.110. The van der Waals surface area contributed by atoms with Crippen LogP contribution < -0.4 is 5.32 Å². The van der Waals surface area contributed by atoms with Gasteiger partial charge in [0.05, 0.1) is 5.52 Å². The lowest BCUT2D eigenvalue weighted by Crippen LogP contribution is -2.03. The van der Waals surface area contributed by atoms with E-state index in [1.54, 1.807) is 12.4 Å². The molecule has 6 heteroatoms. The molecule has 5 rings (SSSR count). The van der Waals surface area contributed by atoms with E-state index in [4.69, 9.17) is 0 Å². The maximum atomic E-state index is 12.3. The number of hydrogen-bond acceptors (Lipinski definition) is 4. The van der Waals surface area contributed by atoms with Gasteiger partial charge in [-0.25, -0.2) is 9.97 Å². The van der Waals surface area contributed by atoms with E-state index < -0.39 is 0 Å². The maximum absolute atomic E-state index is 12.3. The van der Waals surface area contributed by atoms with Crippen LogP contribution >= 0.6 is 0 Å². The first-order valence-electron chi connectivity index (χ1n) is 8.15.